The number of nitrogens with zero attached hydrogens (tertiary/aromatic N) is 3. The van der Waals surface area contributed by atoms with Crippen LogP contribution in [0.1, 0.15) is 40.5 Å². The van der Waals surface area contributed by atoms with Gasteiger partial charge in [-0.3, -0.25) is 14.4 Å². The molecule has 1 fully saturated rings. The van der Waals surface area contributed by atoms with E-state index in [1.165, 1.54) is 0 Å². The number of fused-ring (bicyclic) bond motifs is 2. The molecule has 3 heterocycles. The van der Waals surface area contributed by atoms with Crippen molar-refractivity contribution in [3.8, 4) is 0 Å². The molecule has 9 heteroatoms. The fourth-order valence-corrected chi connectivity index (χ4v) is 4.12. The molecule has 2 N–H and O–H groups in total. The van der Waals surface area contributed by atoms with Crippen LogP contribution in [0.25, 0.3) is 5.65 Å². The number of carbonyl (C=O) groups excluding carboxylic acids is 3. The van der Waals surface area contributed by atoms with Crippen molar-refractivity contribution in [1.82, 2.24) is 24.9 Å². The molecule has 1 unspecified atom stereocenters. The molecule has 1 atom stereocenters. The molecule has 5 rings (SSSR count). The Morgan fingerprint density at radius 2 is 1.90 bits per heavy atom. The third kappa shape index (κ3) is 3.74. The van der Waals surface area contributed by atoms with Crippen LogP contribution in [-0.4, -0.2) is 44.6 Å². The monoisotopic (exact) mass is 437 g/mol. The molecule has 1 aliphatic heterocycles. The van der Waals surface area contributed by atoms with Crippen molar-refractivity contribution >= 4 is 35.0 Å². The summed E-state index contributed by atoms with van der Waals surface area (Å²) in [7, 11) is 0. The van der Waals surface area contributed by atoms with Gasteiger partial charge in [-0.25, -0.2) is 4.98 Å². The van der Waals surface area contributed by atoms with Crippen LogP contribution in [0.5, 0.6) is 0 Å². The first-order valence-corrected chi connectivity index (χ1v) is 10.5. The van der Waals surface area contributed by atoms with E-state index < -0.39 is 6.04 Å². The molecule has 158 valence electrons. The van der Waals surface area contributed by atoms with Crippen molar-refractivity contribution in [2.45, 2.75) is 31.5 Å². The lowest BCUT2D eigenvalue weighted by Crippen LogP contribution is -2.43. The van der Waals surface area contributed by atoms with E-state index in [1.807, 2.05) is 6.07 Å². The summed E-state index contributed by atoms with van der Waals surface area (Å²) < 4.78 is 1.78. The van der Waals surface area contributed by atoms with Crippen LogP contribution in [0, 0.1) is 0 Å². The topological polar surface area (TPSA) is 95.8 Å². The van der Waals surface area contributed by atoms with E-state index in [1.54, 1.807) is 52.0 Å². The first-order chi connectivity index (χ1) is 15.0. The highest BCUT2D eigenvalue weighted by Crippen LogP contribution is 2.41. The van der Waals surface area contributed by atoms with Gasteiger partial charge >= 0.3 is 0 Å². The fraction of sp³-hybridized carbons (Fsp3) is 0.273. The van der Waals surface area contributed by atoms with E-state index in [9.17, 15) is 14.4 Å². The highest BCUT2D eigenvalue weighted by Gasteiger charge is 2.47. The van der Waals surface area contributed by atoms with Gasteiger partial charge in [0.15, 0.2) is 0 Å². The molecule has 8 nitrogen and oxygen atoms in total. The van der Waals surface area contributed by atoms with Crippen molar-refractivity contribution in [3.05, 3.63) is 70.6 Å². The van der Waals surface area contributed by atoms with E-state index in [-0.39, 0.29) is 36.9 Å². The highest BCUT2D eigenvalue weighted by atomic mass is 35.5. The number of rotatable bonds is 6. The molecule has 31 heavy (non-hydrogen) atoms. The van der Waals surface area contributed by atoms with Crippen LogP contribution in [0.3, 0.4) is 0 Å². The van der Waals surface area contributed by atoms with Crippen LogP contribution in [0.4, 0.5) is 0 Å². The largest absolute Gasteiger partial charge is 0.349 e. The predicted octanol–water partition coefficient (Wildman–Crippen LogP) is 2.08. The Hall–Kier alpha value is -3.39. The maximum Gasteiger partial charge on any atom is 0.255 e. The molecule has 0 radical (unpaired) electrons. The Bertz CT molecular complexity index is 1200. The molecule has 0 saturated heterocycles. The minimum atomic E-state index is -0.688. The molecular formula is C22H20ClN5O3. The van der Waals surface area contributed by atoms with Crippen LogP contribution in [0.2, 0.25) is 5.02 Å². The molecule has 0 spiro atoms. The van der Waals surface area contributed by atoms with Gasteiger partial charge < -0.3 is 19.9 Å². The highest BCUT2D eigenvalue weighted by molar-refractivity contribution is 6.30. The average Bonchev–Trinajstić information content (AvgIpc) is 3.45. The van der Waals surface area contributed by atoms with Gasteiger partial charge in [0.2, 0.25) is 11.8 Å². The number of nitrogens with one attached hydrogen (secondary N) is 2. The Balaban J connectivity index is 1.20. The van der Waals surface area contributed by atoms with Gasteiger partial charge in [0.1, 0.15) is 11.7 Å². The van der Waals surface area contributed by atoms with Gasteiger partial charge in [-0.1, -0.05) is 29.8 Å². The van der Waals surface area contributed by atoms with Crippen LogP contribution < -0.4 is 10.6 Å². The summed E-state index contributed by atoms with van der Waals surface area (Å²) in [5.41, 5.74) is 2.66. The lowest BCUT2D eigenvalue weighted by molar-refractivity contribution is -0.129. The maximum absolute atomic E-state index is 12.9. The zero-order valence-corrected chi connectivity index (χ0v) is 17.3. The second-order valence-electron chi connectivity index (χ2n) is 7.77. The van der Waals surface area contributed by atoms with Gasteiger partial charge in [0.25, 0.3) is 5.91 Å². The summed E-state index contributed by atoms with van der Waals surface area (Å²) in [5.74, 6) is -0.795. The third-order valence-electron chi connectivity index (χ3n) is 5.54. The first-order valence-electron chi connectivity index (χ1n) is 10.1. The van der Waals surface area contributed by atoms with Gasteiger partial charge in [-0.2, -0.15) is 0 Å². The predicted molar refractivity (Wildman–Crippen MR) is 113 cm³/mol. The van der Waals surface area contributed by atoms with E-state index in [2.05, 4.69) is 15.6 Å². The first kappa shape index (κ1) is 19.6. The Morgan fingerprint density at radius 1 is 1.10 bits per heavy atom. The lowest BCUT2D eigenvalue weighted by Gasteiger charge is -2.24. The number of halogens is 1. The molecular weight excluding hydrogens is 418 g/mol. The second kappa shape index (κ2) is 7.70. The van der Waals surface area contributed by atoms with Crippen molar-refractivity contribution < 1.29 is 14.4 Å². The second-order valence-corrected chi connectivity index (χ2v) is 8.21. The number of benzene rings is 1. The number of imidazole rings is 1. The number of hydrogen-bond donors (Lipinski definition) is 2. The minimum absolute atomic E-state index is 0.0908. The Morgan fingerprint density at radius 3 is 2.71 bits per heavy atom. The van der Waals surface area contributed by atoms with Crippen LogP contribution in [-0.2, 0) is 16.1 Å². The summed E-state index contributed by atoms with van der Waals surface area (Å²) >= 11 is 5.97. The van der Waals surface area contributed by atoms with E-state index in [0.29, 0.717) is 21.8 Å². The minimum Gasteiger partial charge on any atom is -0.349 e. The molecule has 0 bridgehead atoms. The summed E-state index contributed by atoms with van der Waals surface area (Å²) in [4.78, 5) is 44.0. The third-order valence-corrected chi connectivity index (χ3v) is 5.77. The summed E-state index contributed by atoms with van der Waals surface area (Å²) in [5, 5.41) is 6.03. The van der Waals surface area contributed by atoms with E-state index in [0.717, 1.165) is 18.5 Å². The van der Waals surface area contributed by atoms with E-state index >= 15 is 0 Å². The normalized spacial score (nSPS) is 17.6. The summed E-state index contributed by atoms with van der Waals surface area (Å²) in [6, 6.07) is 10.1. The van der Waals surface area contributed by atoms with Gasteiger partial charge in [0, 0.05) is 24.0 Å². The van der Waals surface area contributed by atoms with Gasteiger partial charge in [-0.05, 0) is 36.6 Å². The Labute approximate surface area is 183 Å². The van der Waals surface area contributed by atoms with E-state index in [4.69, 9.17) is 11.6 Å². The summed E-state index contributed by atoms with van der Waals surface area (Å²) in [6.07, 6.45) is 5.32. The zero-order valence-electron chi connectivity index (χ0n) is 16.5. The number of pyridine rings is 1. The van der Waals surface area contributed by atoms with Crippen molar-refractivity contribution in [3.63, 3.8) is 0 Å². The molecule has 1 saturated carbocycles. The Kier molecular flexibility index (Phi) is 4.86. The molecule has 2 aliphatic rings. The number of amides is 3. The lowest BCUT2D eigenvalue weighted by atomic mass is 10.0. The number of aromatic nitrogens is 2. The van der Waals surface area contributed by atoms with Crippen LogP contribution >= 0.6 is 11.6 Å². The fourth-order valence-electron chi connectivity index (χ4n) is 3.95. The van der Waals surface area contributed by atoms with Gasteiger partial charge in [-0.15, -0.1) is 0 Å². The van der Waals surface area contributed by atoms with Crippen LogP contribution in [0.15, 0.2) is 48.8 Å². The molecule has 3 amide bonds. The number of hydrogen-bond acceptors (Lipinski definition) is 4. The molecule has 2 aromatic heterocycles. The quantitative estimate of drug-likeness (QED) is 0.617. The van der Waals surface area contributed by atoms with Crippen molar-refractivity contribution in [2.75, 3.05) is 6.54 Å². The summed E-state index contributed by atoms with van der Waals surface area (Å²) in [6.45, 7) is 0.0519. The standard InChI is InChI=1S/C22H20ClN5O3/c23-13-5-8-18-26-14(12-27(18)11-13)9-24-19(29)10-25-21(30)20-16-3-1-2-4-17(16)22(31)28(20)15-6-7-15/h1-5,8,11-12,15,20H,6-7,9-10H2,(H,24,29)(H,25,30). The molecule has 1 aliphatic carbocycles. The van der Waals surface area contributed by atoms with Crippen molar-refractivity contribution in [1.29, 1.82) is 0 Å². The zero-order chi connectivity index (χ0) is 21.5. The smallest absolute Gasteiger partial charge is 0.255 e. The van der Waals surface area contributed by atoms with Crippen molar-refractivity contribution in [2.24, 2.45) is 0 Å². The SMILES string of the molecule is O=C(CNC(=O)C1c2ccccc2C(=O)N1C1CC1)NCc1cn2cc(Cl)ccc2n1. The van der Waals surface area contributed by atoms with Gasteiger partial charge in [0.05, 0.1) is 23.8 Å². The average molecular weight is 438 g/mol. The molecule has 3 aromatic rings. The number of carbonyl (C=O) groups is 3. The maximum atomic E-state index is 12.9. The molecule has 1 aromatic carbocycles.